The summed E-state index contributed by atoms with van der Waals surface area (Å²) in [5.74, 6) is -1.46. The van der Waals surface area contributed by atoms with Crippen LogP contribution in [0.2, 0.25) is 0 Å². The van der Waals surface area contributed by atoms with Crippen LogP contribution in [0.4, 0.5) is 5.69 Å². The molecule has 1 aromatic heterocycles. The topological polar surface area (TPSA) is 86.5 Å². The Morgan fingerprint density at radius 2 is 2.44 bits per heavy atom. The Balaban J connectivity index is 2.28. The summed E-state index contributed by atoms with van der Waals surface area (Å²) < 4.78 is 5.22. The summed E-state index contributed by atoms with van der Waals surface area (Å²) in [5, 5.41) is 18.1. The van der Waals surface area contributed by atoms with Gasteiger partial charge in [-0.05, 0) is 12.1 Å². The van der Waals surface area contributed by atoms with E-state index in [2.05, 4.69) is 4.98 Å². The minimum Gasteiger partial charge on any atom is -0.481 e. The Bertz CT molecular complexity index is 498. The largest absolute Gasteiger partial charge is 0.481 e. The highest BCUT2D eigenvalue weighted by molar-refractivity contribution is 5.73. The van der Waals surface area contributed by atoms with Crippen molar-refractivity contribution in [3.63, 3.8) is 0 Å². The van der Waals surface area contributed by atoms with E-state index in [0.29, 0.717) is 12.3 Å². The molecule has 6 nitrogen and oxygen atoms in total. The van der Waals surface area contributed by atoms with Gasteiger partial charge in [0, 0.05) is 13.2 Å². The summed E-state index contributed by atoms with van der Waals surface area (Å²) in [6.07, 6.45) is 1.54. The Morgan fingerprint density at radius 3 is 3.11 bits per heavy atom. The fourth-order valence-electron chi connectivity index (χ4n) is 2.11. The normalized spacial score (nSPS) is 22.4. The van der Waals surface area contributed by atoms with E-state index >= 15 is 0 Å². The molecule has 18 heavy (non-hydrogen) atoms. The van der Waals surface area contributed by atoms with Crippen molar-refractivity contribution in [1.82, 2.24) is 4.98 Å². The van der Waals surface area contributed by atoms with Crippen molar-refractivity contribution < 1.29 is 14.6 Å². The first-order chi connectivity index (χ1) is 8.65. The molecular weight excluding hydrogens is 234 g/mol. The first-order valence-corrected chi connectivity index (χ1v) is 5.53. The molecule has 0 bridgehead atoms. The molecule has 1 saturated heterocycles. The van der Waals surface area contributed by atoms with Crippen LogP contribution in [-0.2, 0) is 9.53 Å². The Hall–Kier alpha value is -2.13. The van der Waals surface area contributed by atoms with E-state index in [1.165, 1.54) is 6.20 Å². The average Bonchev–Trinajstić information content (AvgIpc) is 2.87. The molecule has 1 aromatic rings. The van der Waals surface area contributed by atoms with Gasteiger partial charge in [-0.25, -0.2) is 4.98 Å². The van der Waals surface area contributed by atoms with Crippen molar-refractivity contribution in [2.75, 3.05) is 25.2 Å². The van der Waals surface area contributed by atoms with E-state index < -0.39 is 11.9 Å². The van der Waals surface area contributed by atoms with Gasteiger partial charge in [0.25, 0.3) is 0 Å². The van der Waals surface area contributed by atoms with E-state index in [1.807, 2.05) is 6.07 Å². The van der Waals surface area contributed by atoms with Gasteiger partial charge in [-0.2, -0.15) is 5.26 Å². The standard InChI is InChI=1S/C12H13N3O3/c1-15(10-3-2-4-14-9(10)5-13)11-7-18-6-8(11)12(16)17/h2-4,8,11H,6-7H2,1H3,(H,16,17). The third-order valence-corrected chi connectivity index (χ3v) is 3.14. The second-order valence-corrected chi connectivity index (χ2v) is 4.14. The number of hydrogen-bond acceptors (Lipinski definition) is 5. The highest BCUT2D eigenvalue weighted by Crippen LogP contribution is 2.25. The predicted octanol–water partition coefficient (Wildman–Crippen LogP) is 0.489. The molecule has 2 heterocycles. The van der Waals surface area contributed by atoms with Crippen LogP contribution in [0.3, 0.4) is 0 Å². The van der Waals surface area contributed by atoms with Crippen LogP contribution in [-0.4, -0.2) is 42.4 Å². The fourth-order valence-corrected chi connectivity index (χ4v) is 2.11. The molecule has 0 saturated carbocycles. The molecule has 1 aliphatic rings. The number of aromatic nitrogens is 1. The summed E-state index contributed by atoms with van der Waals surface area (Å²) in [4.78, 5) is 16.8. The quantitative estimate of drug-likeness (QED) is 0.836. The number of carbonyl (C=O) groups is 1. The minimum atomic E-state index is -0.883. The van der Waals surface area contributed by atoms with Gasteiger partial charge < -0.3 is 14.7 Å². The zero-order valence-electron chi connectivity index (χ0n) is 9.91. The van der Waals surface area contributed by atoms with Gasteiger partial charge in [0.05, 0.1) is 24.9 Å². The molecule has 0 spiro atoms. The number of aliphatic carboxylic acids is 1. The van der Waals surface area contributed by atoms with Crippen molar-refractivity contribution >= 4 is 11.7 Å². The maximum absolute atomic E-state index is 11.1. The maximum atomic E-state index is 11.1. The van der Waals surface area contributed by atoms with Gasteiger partial charge in [-0.3, -0.25) is 4.79 Å². The molecule has 0 amide bonds. The van der Waals surface area contributed by atoms with Crippen molar-refractivity contribution in [3.05, 3.63) is 24.0 Å². The number of ether oxygens (including phenoxy) is 1. The Morgan fingerprint density at radius 1 is 1.67 bits per heavy atom. The van der Waals surface area contributed by atoms with E-state index in [4.69, 9.17) is 15.1 Å². The third-order valence-electron chi connectivity index (χ3n) is 3.14. The summed E-state index contributed by atoms with van der Waals surface area (Å²) in [7, 11) is 1.76. The van der Waals surface area contributed by atoms with Crippen LogP contribution in [0.1, 0.15) is 5.69 Å². The molecule has 2 atom stereocenters. The first-order valence-electron chi connectivity index (χ1n) is 5.53. The highest BCUT2D eigenvalue weighted by atomic mass is 16.5. The predicted molar refractivity (Wildman–Crippen MR) is 63.1 cm³/mol. The number of carboxylic acids is 1. The van der Waals surface area contributed by atoms with Crippen LogP contribution < -0.4 is 4.90 Å². The van der Waals surface area contributed by atoms with E-state index in [-0.39, 0.29) is 18.3 Å². The molecule has 1 aliphatic heterocycles. The molecule has 2 rings (SSSR count). The fraction of sp³-hybridized carbons (Fsp3) is 0.417. The molecule has 2 unspecified atom stereocenters. The van der Waals surface area contributed by atoms with Gasteiger partial charge in [0.15, 0.2) is 5.69 Å². The number of carboxylic acid groups (broad SMARTS) is 1. The molecular formula is C12H13N3O3. The summed E-state index contributed by atoms with van der Waals surface area (Å²) >= 11 is 0. The minimum absolute atomic E-state index is 0.201. The molecule has 0 radical (unpaired) electrons. The summed E-state index contributed by atoms with van der Waals surface area (Å²) in [6.45, 7) is 0.541. The van der Waals surface area contributed by atoms with E-state index in [1.54, 1.807) is 24.1 Å². The lowest BCUT2D eigenvalue weighted by Crippen LogP contribution is -2.41. The average molecular weight is 247 g/mol. The molecule has 0 aliphatic carbocycles. The van der Waals surface area contributed by atoms with Gasteiger partial charge in [0.1, 0.15) is 12.0 Å². The SMILES string of the molecule is CN(c1cccnc1C#N)C1COCC1C(=O)O. The second-order valence-electron chi connectivity index (χ2n) is 4.14. The molecule has 94 valence electrons. The van der Waals surface area contributed by atoms with Crippen LogP contribution >= 0.6 is 0 Å². The van der Waals surface area contributed by atoms with Crippen LogP contribution in [0.15, 0.2) is 18.3 Å². The van der Waals surface area contributed by atoms with E-state index in [0.717, 1.165) is 0 Å². The van der Waals surface area contributed by atoms with Crippen molar-refractivity contribution in [3.8, 4) is 6.07 Å². The Labute approximate surface area is 104 Å². The number of hydrogen-bond donors (Lipinski definition) is 1. The van der Waals surface area contributed by atoms with E-state index in [9.17, 15) is 4.79 Å². The lowest BCUT2D eigenvalue weighted by molar-refractivity contribution is -0.141. The van der Waals surface area contributed by atoms with Gasteiger partial charge in [0.2, 0.25) is 0 Å². The lowest BCUT2D eigenvalue weighted by Gasteiger charge is -2.28. The monoisotopic (exact) mass is 247 g/mol. The molecule has 1 fully saturated rings. The zero-order chi connectivity index (χ0) is 13.1. The smallest absolute Gasteiger partial charge is 0.311 e. The second kappa shape index (κ2) is 5.02. The zero-order valence-corrected chi connectivity index (χ0v) is 9.91. The number of pyridine rings is 1. The number of nitrogens with zero attached hydrogens (tertiary/aromatic N) is 3. The highest BCUT2D eigenvalue weighted by Gasteiger charge is 2.37. The number of nitriles is 1. The van der Waals surface area contributed by atoms with Gasteiger partial charge >= 0.3 is 5.97 Å². The first kappa shape index (κ1) is 12.3. The van der Waals surface area contributed by atoms with Crippen molar-refractivity contribution in [2.24, 2.45) is 5.92 Å². The van der Waals surface area contributed by atoms with Crippen molar-refractivity contribution in [2.45, 2.75) is 6.04 Å². The Kier molecular flexibility index (Phi) is 3.44. The molecule has 1 N–H and O–H groups in total. The maximum Gasteiger partial charge on any atom is 0.311 e. The van der Waals surface area contributed by atoms with Crippen molar-refractivity contribution in [1.29, 1.82) is 5.26 Å². The molecule has 6 heteroatoms. The van der Waals surface area contributed by atoms with Crippen LogP contribution in [0, 0.1) is 17.2 Å². The van der Waals surface area contributed by atoms with Crippen LogP contribution in [0.25, 0.3) is 0 Å². The third kappa shape index (κ3) is 2.13. The van der Waals surface area contributed by atoms with Gasteiger partial charge in [-0.1, -0.05) is 0 Å². The summed E-state index contributed by atoms with van der Waals surface area (Å²) in [6, 6.07) is 5.20. The number of likely N-dealkylation sites (N-methyl/N-ethyl adjacent to an activating group) is 1. The van der Waals surface area contributed by atoms with Crippen LogP contribution in [0.5, 0.6) is 0 Å². The van der Waals surface area contributed by atoms with Gasteiger partial charge in [-0.15, -0.1) is 0 Å². The number of anilines is 1. The number of rotatable bonds is 3. The lowest BCUT2D eigenvalue weighted by atomic mass is 10.0. The molecule has 0 aromatic carbocycles. The summed E-state index contributed by atoms with van der Waals surface area (Å²) in [5.41, 5.74) is 0.915.